The minimum Gasteiger partial charge on any atom is -0.488 e. The Bertz CT molecular complexity index is 1240. The summed E-state index contributed by atoms with van der Waals surface area (Å²) in [6.45, 7) is 0.232. The van der Waals surface area contributed by atoms with E-state index in [4.69, 9.17) is 4.74 Å². The normalized spacial score (nSPS) is 14.7. The summed E-state index contributed by atoms with van der Waals surface area (Å²) in [5.74, 6) is -0.260. The van der Waals surface area contributed by atoms with Gasteiger partial charge in [-0.1, -0.05) is 42.5 Å². The Kier molecular flexibility index (Phi) is 6.50. The molecule has 0 unspecified atom stereocenters. The van der Waals surface area contributed by atoms with E-state index in [1.54, 1.807) is 42.5 Å². The van der Waals surface area contributed by atoms with Gasteiger partial charge in [-0.3, -0.25) is 24.6 Å². The highest BCUT2D eigenvalue weighted by Gasteiger charge is 2.35. The molecule has 33 heavy (non-hydrogen) atoms. The number of rotatable bonds is 7. The van der Waals surface area contributed by atoms with E-state index in [0.29, 0.717) is 16.9 Å². The molecule has 0 bridgehead atoms. The molecule has 166 valence electrons. The lowest BCUT2D eigenvalue weighted by Gasteiger charge is -2.12. The highest BCUT2D eigenvalue weighted by atomic mass is 32.2. The van der Waals surface area contributed by atoms with Crippen LogP contribution in [0.25, 0.3) is 6.08 Å². The number of hydrogen-bond acceptors (Lipinski definition) is 6. The third kappa shape index (κ3) is 5.27. The molecule has 1 aliphatic heterocycles. The molecule has 7 nitrogen and oxygen atoms in total. The Labute approximate surface area is 192 Å². The number of carbonyl (C=O) groups excluding carboxylic acids is 2. The number of imide groups is 1. The summed E-state index contributed by atoms with van der Waals surface area (Å²) in [4.78, 5) is 36.9. The predicted molar refractivity (Wildman–Crippen MR) is 122 cm³/mol. The molecule has 0 aliphatic carbocycles. The second-order valence-electron chi connectivity index (χ2n) is 7.14. The van der Waals surface area contributed by atoms with Crippen molar-refractivity contribution in [2.45, 2.75) is 13.2 Å². The average Bonchev–Trinajstić information content (AvgIpc) is 3.07. The van der Waals surface area contributed by atoms with E-state index < -0.39 is 16.1 Å². The standard InChI is InChI=1S/C24H17FN2O5S/c25-19-9-5-17(6-10-19)15-32-21-4-2-1-3-18(21)13-22-23(28)26(24(29)33-22)14-16-7-11-20(12-8-16)27(30)31/h1-13H,14-15H2/b22-13-. The first-order chi connectivity index (χ1) is 15.9. The summed E-state index contributed by atoms with van der Waals surface area (Å²) < 4.78 is 18.9. The maximum absolute atomic E-state index is 13.1. The Hall–Kier alpha value is -3.98. The number of halogens is 1. The third-order valence-corrected chi connectivity index (χ3v) is 5.78. The first-order valence-electron chi connectivity index (χ1n) is 9.86. The fourth-order valence-corrected chi connectivity index (χ4v) is 3.99. The quantitative estimate of drug-likeness (QED) is 0.259. The van der Waals surface area contributed by atoms with Crippen molar-refractivity contribution in [1.82, 2.24) is 4.90 Å². The first-order valence-corrected chi connectivity index (χ1v) is 10.7. The van der Waals surface area contributed by atoms with Crippen LogP contribution in [0.1, 0.15) is 16.7 Å². The zero-order chi connectivity index (χ0) is 23.4. The van der Waals surface area contributed by atoms with Crippen molar-refractivity contribution in [3.63, 3.8) is 0 Å². The fourth-order valence-electron chi connectivity index (χ4n) is 3.16. The van der Waals surface area contributed by atoms with Crippen LogP contribution in [0.4, 0.5) is 14.9 Å². The number of amides is 2. The molecule has 1 fully saturated rings. The topological polar surface area (TPSA) is 89.8 Å². The minimum absolute atomic E-state index is 0.0166. The summed E-state index contributed by atoms with van der Waals surface area (Å²) in [7, 11) is 0. The second-order valence-corrected chi connectivity index (χ2v) is 8.14. The number of benzene rings is 3. The number of ether oxygens (including phenoxy) is 1. The van der Waals surface area contributed by atoms with Gasteiger partial charge in [0.25, 0.3) is 16.8 Å². The van der Waals surface area contributed by atoms with Gasteiger partial charge >= 0.3 is 0 Å². The Balaban J connectivity index is 1.49. The smallest absolute Gasteiger partial charge is 0.293 e. The van der Waals surface area contributed by atoms with Crippen LogP contribution in [0.5, 0.6) is 5.75 Å². The van der Waals surface area contributed by atoms with Crippen molar-refractivity contribution in [3.05, 3.63) is 110 Å². The van der Waals surface area contributed by atoms with Crippen LogP contribution >= 0.6 is 11.8 Å². The monoisotopic (exact) mass is 464 g/mol. The maximum atomic E-state index is 13.1. The average molecular weight is 464 g/mol. The molecule has 3 aromatic carbocycles. The van der Waals surface area contributed by atoms with Gasteiger partial charge in [0.2, 0.25) is 0 Å². The van der Waals surface area contributed by atoms with Gasteiger partial charge in [0, 0.05) is 17.7 Å². The zero-order valence-corrected chi connectivity index (χ0v) is 18.0. The predicted octanol–water partition coefficient (Wildman–Crippen LogP) is 5.55. The number of thioether (sulfide) groups is 1. The molecule has 0 spiro atoms. The summed E-state index contributed by atoms with van der Waals surface area (Å²) in [6.07, 6.45) is 1.60. The number of hydrogen-bond donors (Lipinski definition) is 0. The molecular formula is C24H17FN2O5S. The van der Waals surface area contributed by atoms with Gasteiger partial charge in [0.05, 0.1) is 16.4 Å². The lowest BCUT2D eigenvalue weighted by atomic mass is 10.1. The molecule has 1 heterocycles. The van der Waals surface area contributed by atoms with Gasteiger partial charge in [0.1, 0.15) is 18.2 Å². The molecule has 1 saturated heterocycles. The number of nitro groups is 1. The van der Waals surface area contributed by atoms with Crippen LogP contribution in [0.3, 0.4) is 0 Å². The summed E-state index contributed by atoms with van der Waals surface area (Å²) >= 11 is 0.822. The highest BCUT2D eigenvalue weighted by molar-refractivity contribution is 8.18. The largest absolute Gasteiger partial charge is 0.488 e. The molecule has 0 atom stereocenters. The molecule has 4 rings (SSSR count). The number of para-hydroxylation sites is 1. The molecule has 0 N–H and O–H groups in total. The molecule has 1 aliphatic rings. The van der Waals surface area contributed by atoms with Gasteiger partial charge in [-0.2, -0.15) is 0 Å². The van der Waals surface area contributed by atoms with E-state index in [1.807, 2.05) is 0 Å². The molecular weight excluding hydrogens is 447 g/mol. The van der Waals surface area contributed by atoms with E-state index in [9.17, 15) is 24.1 Å². The summed E-state index contributed by atoms with van der Waals surface area (Å²) in [6, 6.07) is 18.8. The molecule has 0 radical (unpaired) electrons. The van der Waals surface area contributed by atoms with Gasteiger partial charge in [0.15, 0.2) is 0 Å². The van der Waals surface area contributed by atoms with E-state index in [-0.39, 0.29) is 29.6 Å². The van der Waals surface area contributed by atoms with Crippen LogP contribution in [0, 0.1) is 15.9 Å². The fraction of sp³-hybridized carbons (Fsp3) is 0.0833. The van der Waals surface area contributed by atoms with E-state index in [1.165, 1.54) is 36.4 Å². The Morgan fingerprint density at radius 2 is 1.64 bits per heavy atom. The van der Waals surface area contributed by atoms with Crippen LogP contribution in [-0.4, -0.2) is 21.0 Å². The first kappa shape index (κ1) is 22.2. The minimum atomic E-state index is -0.512. The molecule has 9 heteroatoms. The van der Waals surface area contributed by atoms with Gasteiger partial charge in [-0.05, 0) is 47.2 Å². The lowest BCUT2D eigenvalue weighted by Crippen LogP contribution is -2.27. The summed E-state index contributed by atoms with van der Waals surface area (Å²) in [5, 5.41) is 10.4. The SMILES string of the molecule is O=C1S/C(=C\c2ccccc2OCc2ccc(F)cc2)C(=O)N1Cc1ccc([N+](=O)[O-])cc1. The van der Waals surface area contributed by atoms with Crippen LogP contribution in [0.2, 0.25) is 0 Å². The highest BCUT2D eigenvalue weighted by Crippen LogP contribution is 2.35. The van der Waals surface area contributed by atoms with E-state index >= 15 is 0 Å². The van der Waals surface area contributed by atoms with E-state index in [0.717, 1.165) is 22.2 Å². The number of non-ortho nitro benzene ring substituents is 1. The van der Waals surface area contributed by atoms with Gasteiger partial charge < -0.3 is 4.74 Å². The van der Waals surface area contributed by atoms with Crippen LogP contribution in [-0.2, 0) is 17.9 Å². The van der Waals surface area contributed by atoms with Crippen molar-refractivity contribution >= 4 is 34.7 Å². The third-order valence-electron chi connectivity index (χ3n) is 4.87. The summed E-state index contributed by atoms with van der Waals surface area (Å²) in [5.41, 5.74) is 1.95. The maximum Gasteiger partial charge on any atom is 0.293 e. The Morgan fingerprint density at radius 3 is 2.33 bits per heavy atom. The van der Waals surface area contributed by atoms with Crippen molar-refractivity contribution in [1.29, 1.82) is 0 Å². The zero-order valence-electron chi connectivity index (χ0n) is 17.1. The molecule has 3 aromatic rings. The van der Waals surface area contributed by atoms with Crippen LogP contribution in [0.15, 0.2) is 77.7 Å². The van der Waals surface area contributed by atoms with Crippen LogP contribution < -0.4 is 4.74 Å². The Morgan fingerprint density at radius 1 is 0.970 bits per heavy atom. The molecule has 2 amide bonds. The van der Waals surface area contributed by atoms with Crippen molar-refractivity contribution < 1.29 is 23.6 Å². The van der Waals surface area contributed by atoms with E-state index in [2.05, 4.69) is 0 Å². The molecule has 0 aromatic heterocycles. The van der Waals surface area contributed by atoms with Crippen molar-refractivity contribution in [2.24, 2.45) is 0 Å². The second kappa shape index (κ2) is 9.66. The number of nitro benzene ring substituents is 1. The number of carbonyl (C=O) groups is 2. The lowest BCUT2D eigenvalue weighted by molar-refractivity contribution is -0.384. The van der Waals surface area contributed by atoms with Crippen molar-refractivity contribution in [3.8, 4) is 5.75 Å². The molecule has 0 saturated carbocycles. The van der Waals surface area contributed by atoms with Crippen molar-refractivity contribution in [2.75, 3.05) is 0 Å². The van der Waals surface area contributed by atoms with Gasteiger partial charge in [-0.25, -0.2) is 4.39 Å². The van der Waals surface area contributed by atoms with Gasteiger partial charge in [-0.15, -0.1) is 0 Å². The number of nitrogens with zero attached hydrogens (tertiary/aromatic N) is 2.